The summed E-state index contributed by atoms with van der Waals surface area (Å²) in [7, 11) is 3.07. The van der Waals surface area contributed by atoms with Gasteiger partial charge in [0.1, 0.15) is 23.4 Å². The van der Waals surface area contributed by atoms with Gasteiger partial charge in [0.05, 0.1) is 41.7 Å². The largest absolute Gasteiger partial charge is 0.497 e. The molecule has 0 saturated heterocycles. The first kappa shape index (κ1) is 29.3. The fraction of sp³-hybridized carbons (Fsp3) is 0.258. The van der Waals surface area contributed by atoms with E-state index >= 15 is 0 Å². The van der Waals surface area contributed by atoms with Gasteiger partial charge in [-0.1, -0.05) is 22.9 Å². The van der Waals surface area contributed by atoms with Crippen molar-refractivity contribution in [3.8, 4) is 17.2 Å². The van der Waals surface area contributed by atoms with Gasteiger partial charge in [-0.15, -0.1) is 0 Å². The minimum Gasteiger partial charge on any atom is -0.497 e. The number of aryl methyl sites for hydroxylation is 1. The molecular weight excluding hydrogens is 581 g/mol. The number of carbonyl (C=O) groups excluding carboxylic acids is 1. The van der Waals surface area contributed by atoms with Gasteiger partial charge in [0.15, 0.2) is 4.80 Å². The molecule has 3 heterocycles. The minimum absolute atomic E-state index is 0.0246. The van der Waals surface area contributed by atoms with Crippen molar-refractivity contribution in [1.82, 2.24) is 9.13 Å². The first-order chi connectivity index (χ1) is 20.1. The number of aromatic nitrogens is 2. The Morgan fingerprint density at radius 3 is 2.55 bits per heavy atom. The van der Waals surface area contributed by atoms with Crippen LogP contribution >= 0.6 is 22.9 Å². The number of allylic oxidation sites excluding steroid dienone is 1. The molecule has 0 saturated carbocycles. The molecule has 5 rings (SSSR count). The number of thiazole rings is 1. The number of carbonyl (C=O) groups is 1. The van der Waals surface area contributed by atoms with Crippen LogP contribution < -0.4 is 24.4 Å². The molecule has 0 N–H and O–H groups in total. The standard InChI is InChI=1S/C31H29ClFN3O5S/c1-7-41-30(38)27-17(3)34-31-36(28(27)22-10-9-21(39-5)15-25(22)40-6)29(37)26(42-31)13-19-12-16(2)35(18(19)4)20-8-11-24(33)23(32)14-20/h8-15,28H,7H2,1-6H3/t28-/m0/s1. The zero-order valence-electron chi connectivity index (χ0n) is 24.0. The molecular formula is C31H29ClFN3O5S. The van der Waals surface area contributed by atoms with E-state index in [9.17, 15) is 14.0 Å². The highest BCUT2D eigenvalue weighted by Crippen LogP contribution is 2.37. The monoisotopic (exact) mass is 609 g/mol. The first-order valence-electron chi connectivity index (χ1n) is 13.2. The molecule has 0 fully saturated rings. The van der Waals surface area contributed by atoms with Crippen molar-refractivity contribution in [3.63, 3.8) is 0 Å². The molecule has 0 spiro atoms. The molecule has 4 aromatic rings. The summed E-state index contributed by atoms with van der Waals surface area (Å²) in [6, 6.07) is 10.9. The maximum absolute atomic E-state index is 14.1. The van der Waals surface area contributed by atoms with Gasteiger partial charge in [-0.3, -0.25) is 9.36 Å². The molecule has 2 aromatic heterocycles. The zero-order chi connectivity index (χ0) is 30.3. The van der Waals surface area contributed by atoms with Crippen molar-refractivity contribution in [2.24, 2.45) is 4.99 Å². The third-order valence-corrected chi connectivity index (χ3v) is 8.44. The Kier molecular flexibility index (Phi) is 8.12. The van der Waals surface area contributed by atoms with Crippen LogP contribution in [0.5, 0.6) is 11.5 Å². The summed E-state index contributed by atoms with van der Waals surface area (Å²) in [5.74, 6) is -0.0340. The Bertz CT molecular complexity index is 1940. The van der Waals surface area contributed by atoms with Crippen molar-refractivity contribution < 1.29 is 23.4 Å². The van der Waals surface area contributed by atoms with Gasteiger partial charge in [0.25, 0.3) is 5.56 Å². The van der Waals surface area contributed by atoms with Crippen LogP contribution in [0.2, 0.25) is 5.02 Å². The maximum atomic E-state index is 14.1. The van der Waals surface area contributed by atoms with Crippen LogP contribution in [-0.2, 0) is 9.53 Å². The number of nitrogens with zero attached hydrogens (tertiary/aromatic N) is 3. The summed E-state index contributed by atoms with van der Waals surface area (Å²) in [6.07, 6.45) is 1.81. The number of fused-ring (bicyclic) bond motifs is 1. The second-order valence-electron chi connectivity index (χ2n) is 9.67. The first-order valence-corrected chi connectivity index (χ1v) is 14.3. The molecule has 0 radical (unpaired) electrons. The fourth-order valence-corrected chi connectivity index (χ4v) is 6.44. The van der Waals surface area contributed by atoms with Crippen LogP contribution in [0.3, 0.4) is 0 Å². The van der Waals surface area contributed by atoms with Gasteiger partial charge in [0, 0.05) is 28.7 Å². The van der Waals surface area contributed by atoms with E-state index in [1.807, 2.05) is 24.5 Å². The molecule has 1 aliphatic rings. The van der Waals surface area contributed by atoms with Crippen LogP contribution in [0.1, 0.15) is 42.4 Å². The van der Waals surface area contributed by atoms with Crippen molar-refractivity contribution in [2.75, 3.05) is 20.8 Å². The lowest BCUT2D eigenvalue weighted by Gasteiger charge is -2.26. The number of esters is 1. The molecule has 1 aliphatic heterocycles. The van der Waals surface area contributed by atoms with Crippen LogP contribution in [0.25, 0.3) is 11.8 Å². The highest BCUT2D eigenvalue weighted by molar-refractivity contribution is 7.07. The molecule has 0 unspecified atom stereocenters. The Morgan fingerprint density at radius 1 is 1.12 bits per heavy atom. The Balaban J connectivity index is 1.72. The number of benzene rings is 2. The summed E-state index contributed by atoms with van der Waals surface area (Å²) in [5, 5.41) is 0.0246. The van der Waals surface area contributed by atoms with E-state index in [1.165, 1.54) is 29.1 Å². The van der Waals surface area contributed by atoms with Crippen molar-refractivity contribution in [2.45, 2.75) is 33.7 Å². The SMILES string of the molecule is CCOC(=O)C1=C(C)N=c2sc(=Cc3cc(C)n(-c4ccc(F)c(Cl)c4)c3C)c(=O)n2[C@H]1c1ccc(OC)cc1OC. The van der Waals surface area contributed by atoms with Crippen LogP contribution in [-0.4, -0.2) is 35.9 Å². The Hall–Kier alpha value is -4.15. The third kappa shape index (κ3) is 5.05. The molecule has 0 bridgehead atoms. The van der Waals surface area contributed by atoms with Crippen molar-refractivity contribution >= 4 is 35.0 Å². The van der Waals surface area contributed by atoms with Gasteiger partial charge in [-0.05, 0) is 75.7 Å². The number of rotatable bonds is 7. The molecule has 1 atom stereocenters. The molecule has 11 heteroatoms. The van der Waals surface area contributed by atoms with E-state index in [4.69, 9.17) is 25.8 Å². The summed E-state index contributed by atoms with van der Waals surface area (Å²) >= 11 is 7.28. The molecule has 42 heavy (non-hydrogen) atoms. The van der Waals surface area contributed by atoms with Gasteiger partial charge < -0.3 is 18.8 Å². The molecule has 0 aliphatic carbocycles. The van der Waals surface area contributed by atoms with Gasteiger partial charge >= 0.3 is 5.97 Å². The van der Waals surface area contributed by atoms with Gasteiger partial charge in [-0.2, -0.15) is 0 Å². The summed E-state index contributed by atoms with van der Waals surface area (Å²) in [4.78, 5) is 32.4. The molecule has 8 nitrogen and oxygen atoms in total. The number of hydrogen-bond acceptors (Lipinski definition) is 7. The van der Waals surface area contributed by atoms with Crippen molar-refractivity contribution in [1.29, 1.82) is 0 Å². The fourth-order valence-electron chi connectivity index (χ4n) is 5.23. The molecule has 0 amide bonds. The normalized spacial score (nSPS) is 15.0. The summed E-state index contributed by atoms with van der Waals surface area (Å²) in [5.41, 5.74) is 4.23. The third-order valence-electron chi connectivity index (χ3n) is 7.17. The van der Waals surface area contributed by atoms with Crippen LogP contribution in [0.15, 0.2) is 63.5 Å². The number of methoxy groups -OCH3 is 2. The van der Waals surface area contributed by atoms with E-state index in [0.29, 0.717) is 37.8 Å². The number of ether oxygens (including phenoxy) is 3. The Morgan fingerprint density at radius 2 is 1.88 bits per heavy atom. The molecule has 2 aromatic carbocycles. The van der Waals surface area contributed by atoms with E-state index in [2.05, 4.69) is 4.99 Å². The Labute approximate surface area is 250 Å². The van der Waals surface area contributed by atoms with E-state index in [0.717, 1.165) is 17.0 Å². The smallest absolute Gasteiger partial charge is 0.338 e. The minimum atomic E-state index is -0.836. The lowest BCUT2D eigenvalue weighted by Crippen LogP contribution is -2.40. The predicted octanol–water partition coefficient (Wildman–Crippen LogP) is 5.02. The highest BCUT2D eigenvalue weighted by atomic mass is 35.5. The summed E-state index contributed by atoms with van der Waals surface area (Å²) in [6.45, 7) is 7.47. The average Bonchev–Trinajstić information content (AvgIpc) is 3.42. The van der Waals surface area contributed by atoms with Crippen LogP contribution in [0.4, 0.5) is 4.39 Å². The lowest BCUT2D eigenvalue weighted by atomic mass is 9.95. The topological polar surface area (TPSA) is 84.1 Å². The van der Waals surface area contributed by atoms with Crippen LogP contribution in [0, 0.1) is 19.7 Å². The van der Waals surface area contributed by atoms with Gasteiger partial charge in [0.2, 0.25) is 0 Å². The van der Waals surface area contributed by atoms with E-state index in [1.54, 1.807) is 57.4 Å². The second-order valence-corrected chi connectivity index (χ2v) is 11.1. The quantitative estimate of drug-likeness (QED) is 0.275. The van der Waals surface area contributed by atoms with Gasteiger partial charge in [-0.25, -0.2) is 14.2 Å². The zero-order valence-corrected chi connectivity index (χ0v) is 25.5. The molecule has 218 valence electrons. The van der Waals surface area contributed by atoms with E-state index < -0.39 is 17.8 Å². The second kappa shape index (κ2) is 11.6. The maximum Gasteiger partial charge on any atom is 0.338 e. The van der Waals surface area contributed by atoms with Crippen molar-refractivity contribution in [3.05, 3.63) is 107 Å². The predicted molar refractivity (Wildman–Crippen MR) is 160 cm³/mol. The lowest BCUT2D eigenvalue weighted by molar-refractivity contribution is -0.139. The summed E-state index contributed by atoms with van der Waals surface area (Å²) < 4.78 is 34.1. The average molecular weight is 610 g/mol. The number of halogens is 2. The highest BCUT2D eigenvalue weighted by Gasteiger charge is 2.35. The number of hydrogen-bond donors (Lipinski definition) is 0. The van der Waals surface area contributed by atoms with E-state index in [-0.39, 0.29) is 22.8 Å².